The van der Waals surface area contributed by atoms with Crippen molar-refractivity contribution in [2.24, 2.45) is 0 Å². The molecule has 0 aliphatic rings. The molecule has 0 aromatic heterocycles. The molecule has 0 radical (unpaired) electrons. The van der Waals surface area contributed by atoms with Crippen molar-refractivity contribution in [3.05, 3.63) is 59.7 Å². The molecule has 3 heteroatoms. The Morgan fingerprint density at radius 3 is 2.37 bits per heavy atom. The van der Waals surface area contributed by atoms with Crippen molar-refractivity contribution < 1.29 is 4.74 Å². The Balaban J connectivity index is 1.74. The standard InChI is InChI=1S/C16H16N2O/c1-13-2-6-15(7-3-13)18-10-11-19-16-8-4-14(12-17)5-9-16/h2-9,18H,10-11H2,1H3. The van der Waals surface area contributed by atoms with Gasteiger partial charge in [0.2, 0.25) is 0 Å². The Morgan fingerprint density at radius 2 is 1.74 bits per heavy atom. The van der Waals surface area contributed by atoms with Gasteiger partial charge in [-0.05, 0) is 43.3 Å². The molecular weight excluding hydrogens is 236 g/mol. The SMILES string of the molecule is Cc1ccc(NCCOc2ccc(C#N)cc2)cc1. The van der Waals surface area contributed by atoms with E-state index in [-0.39, 0.29) is 0 Å². The molecule has 2 aromatic rings. The molecule has 0 spiro atoms. The minimum Gasteiger partial charge on any atom is -0.492 e. The van der Waals surface area contributed by atoms with E-state index in [1.807, 2.05) is 12.1 Å². The maximum atomic E-state index is 8.69. The van der Waals surface area contributed by atoms with Crippen LogP contribution in [0.25, 0.3) is 0 Å². The van der Waals surface area contributed by atoms with Gasteiger partial charge in [0.15, 0.2) is 0 Å². The van der Waals surface area contributed by atoms with Gasteiger partial charge < -0.3 is 10.1 Å². The highest BCUT2D eigenvalue weighted by atomic mass is 16.5. The molecule has 0 amide bonds. The first-order valence-corrected chi connectivity index (χ1v) is 6.21. The minimum absolute atomic E-state index is 0.583. The van der Waals surface area contributed by atoms with Crippen LogP contribution in [0.5, 0.6) is 5.75 Å². The second-order valence-electron chi connectivity index (χ2n) is 4.28. The number of nitriles is 1. The summed E-state index contributed by atoms with van der Waals surface area (Å²) >= 11 is 0. The molecule has 1 N–H and O–H groups in total. The van der Waals surface area contributed by atoms with E-state index in [1.165, 1.54) is 5.56 Å². The summed E-state index contributed by atoms with van der Waals surface area (Å²) in [5, 5.41) is 12.0. The van der Waals surface area contributed by atoms with Crippen molar-refractivity contribution in [1.29, 1.82) is 5.26 Å². The van der Waals surface area contributed by atoms with Crippen LogP contribution in [-0.2, 0) is 0 Å². The summed E-state index contributed by atoms with van der Waals surface area (Å²) in [6.07, 6.45) is 0. The predicted octanol–water partition coefficient (Wildman–Crippen LogP) is 3.36. The molecule has 0 saturated heterocycles. The largest absolute Gasteiger partial charge is 0.492 e. The van der Waals surface area contributed by atoms with E-state index < -0.39 is 0 Å². The summed E-state index contributed by atoms with van der Waals surface area (Å²) in [5.74, 6) is 0.782. The van der Waals surface area contributed by atoms with Gasteiger partial charge in [-0.1, -0.05) is 17.7 Å². The van der Waals surface area contributed by atoms with E-state index in [0.29, 0.717) is 12.2 Å². The van der Waals surface area contributed by atoms with E-state index in [2.05, 4.69) is 42.6 Å². The van der Waals surface area contributed by atoms with Gasteiger partial charge in [-0.25, -0.2) is 0 Å². The summed E-state index contributed by atoms with van der Waals surface area (Å²) < 4.78 is 5.58. The maximum Gasteiger partial charge on any atom is 0.119 e. The molecular formula is C16H16N2O. The quantitative estimate of drug-likeness (QED) is 0.830. The first-order valence-electron chi connectivity index (χ1n) is 6.21. The topological polar surface area (TPSA) is 45.0 Å². The molecule has 0 bridgehead atoms. The summed E-state index contributed by atoms with van der Waals surface area (Å²) in [5.41, 5.74) is 2.98. The average molecular weight is 252 g/mol. The van der Waals surface area contributed by atoms with Crippen LogP contribution in [0.2, 0.25) is 0 Å². The van der Waals surface area contributed by atoms with Gasteiger partial charge in [0.25, 0.3) is 0 Å². The normalized spacial score (nSPS) is 9.68. The zero-order chi connectivity index (χ0) is 13.5. The Hall–Kier alpha value is -2.47. The summed E-state index contributed by atoms with van der Waals surface area (Å²) in [4.78, 5) is 0. The van der Waals surface area contributed by atoms with Gasteiger partial charge in [0, 0.05) is 12.2 Å². The third-order valence-corrected chi connectivity index (χ3v) is 2.73. The van der Waals surface area contributed by atoms with Crippen LogP contribution < -0.4 is 10.1 Å². The number of rotatable bonds is 5. The third-order valence-electron chi connectivity index (χ3n) is 2.73. The number of benzene rings is 2. The lowest BCUT2D eigenvalue weighted by atomic mass is 10.2. The van der Waals surface area contributed by atoms with Gasteiger partial charge in [-0.15, -0.1) is 0 Å². The van der Waals surface area contributed by atoms with Crippen LogP contribution in [-0.4, -0.2) is 13.2 Å². The second kappa shape index (κ2) is 6.46. The summed E-state index contributed by atoms with van der Waals surface area (Å²) in [6.45, 7) is 3.39. The molecule has 96 valence electrons. The van der Waals surface area contributed by atoms with Crippen molar-refractivity contribution in [2.75, 3.05) is 18.5 Å². The number of hydrogen-bond acceptors (Lipinski definition) is 3. The Morgan fingerprint density at radius 1 is 1.05 bits per heavy atom. The molecule has 0 heterocycles. The van der Waals surface area contributed by atoms with Crippen molar-refractivity contribution in [1.82, 2.24) is 0 Å². The van der Waals surface area contributed by atoms with E-state index in [9.17, 15) is 0 Å². The van der Waals surface area contributed by atoms with Crippen molar-refractivity contribution in [2.45, 2.75) is 6.92 Å². The summed E-state index contributed by atoms with van der Waals surface area (Å²) in [6, 6.07) is 17.5. The molecule has 0 aliphatic heterocycles. The van der Waals surface area contributed by atoms with Crippen molar-refractivity contribution in [3.63, 3.8) is 0 Å². The number of ether oxygens (including phenoxy) is 1. The van der Waals surface area contributed by atoms with Crippen LogP contribution in [0.3, 0.4) is 0 Å². The Kier molecular flexibility index (Phi) is 4.41. The molecule has 2 aromatic carbocycles. The predicted molar refractivity (Wildman–Crippen MR) is 76.3 cm³/mol. The van der Waals surface area contributed by atoms with Crippen LogP contribution in [0.15, 0.2) is 48.5 Å². The van der Waals surface area contributed by atoms with Gasteiger partial charge in [-0.3, -0.25) is 0 Å². The smallest absolute Gasteiger partial charge is 0.119 e. The van der Waals surface area contributed by atoms with Crippen molar-refractivity contribution in [3.8, 4) is 11.8 Å². The van der Waals surface area contributed by atoms with E-state index in [4.69, 9.17) is 10.00 Å². The van der Waals surface area contributed by atoms with Crippen LogP contribution >= 0.6 is 0 Å². The lowest BCUT2D eigenvalue weighted by Crippen LogP contribution is -2.11. The minimum atomic E-state index is 0.583. The number of hydrogen-bond donors (Lipinski definition) is 1. The molecule has 3 nitrogen and oxygen atoms in total. The molecule has 2 rings (SSSR count). The molecule has 0 unspecified atom stereocenters. The van der Waals surface area contributed by atoms with Crippen LogP contribution in [0, 0.1) is 18.3 Å². The van der Waals surface area contributed by atoms with Crippen LogP contribution in [0.4, 0.5) is 5.69 Å². The van der Waals surface area contributed by atoms with E-state index in [0.717, 1.165) is 18.0 Å². The zero-order valence-corrected chi connectivity index (χ0v) is 10.9. The van der Waals surface area contributed by atoms with Gasteiger partial charge in [-0.2, -0.15) is 5.26 Å². The zero-order valence-electron chi connectivity index (χ0n) is 10.9. The number of nitrogens with zero attached hydrogens (tertiary/aromatic N) is 1. The number of nitrogens with one attached hydrogen (secondary N) is 1. The van der Waals surface area contributed by atoms with Gasteiger partial charge >= 0.3 is 0 Å². The fourth-order valence-corrected chi connectivity index (χ4v) is 1.66. The second-order valence-corrected chi connectivity index (χ2v) is 4.28. The molecule has 0 fully saturated rings. The van der Waals surface area contributed by atoms with E-state index in [1.54, 1.807) is 12.1 Å². The monoisotopic (exact) mass is 252 g/mol. The van der Waals surface area contributed by atoms with Crippen LogP contribution in [0.1, 0.15) is 11.1 Å². The number of aryl methyl sites for hydroxylation is 1. The highest BCUT2D eigenvalue weighted by Gasteiger charge is 1.95. The molecule has 0 aliphatic carbocycles. The van der Waals surface area contributed by atoms with E-state index >= 15 is 0 Å². The fourth-order valence-electron chi connectivity index (χ4n) is 1.66. The third kappa shape index (κ3) is 4.04. The highest BCUT2D eigenvalue weighted by Crippen LogP contribution is 2.12. The maximum absolute atomic E-state index is 8.69. The lowest BCUT2D eigenvalue weighted by Gasteiger charge is -2.08. The first-order chi connectivity index (χ1) is 9.28. The molecule has 19 heavy (non-hydrogen) atoms. The Labute approximate surface area is 113 Å². The van der Waals surface area contributed by atoms with Gasteiger partial charge in [0.05, 0.1) is 11.6 Å². The average Bonchev–Trinajstić information content (AvgIpc) is 2.46. The highest BCUT2D eigenvalue weighted by molar-refractivity contribution is 5.44. The lowest BCUT2D eigenvalue weighted by molar-refractivity contribution is 0.333. The molecule has 0 atom stereocenters. The van der Waals surface area contributed by atoms with Gasteiger partial charge in [0.1, 0.15) is 12.4 Å². The molecule has 0 saturated carbocycles. The first kappa shape index (κ1) is 13.0. The van der Waals surface area contributed by atoms with Crippen molar-refractivity contribution >= 4 is 5.69 Å². The summed E-state index contributed by atoms with van der Waals surface area (Å²) in [7, 11) is 0. The number of anilines is 1. The Bertz CT molecular complexity index is 553. The fraction of sp³-hybridized carbons (Fsp3) is 0.188.